The number of fused-ring (bicyclic) bond motifs is 1. The molecule has 0 aliphatic rings. The summed E-state index contributed by atoms with van der Waals surface area (Å²) in [6.07, 6.45) is 6.79. The van der Waals surface area contributed by atoms with Crippen LogP contribution in [0, 0.1) is 11.7 Å². The quantitative estimate of drug-likeness (QED) is 0.251. The Balaban J connectivity index is 1.40. The molecule has 4 nitrogen and oxygen atoms in total. The normalized spacial score (nSPS) is 11.4. The van der Waals surface area contributed by atoms with Crippen LogP contribution >= 0.6 is 0 Å². The molecule has 0 saturated heterocycles. The van der Waals surface area contributed by atoms with E-state index in [1.807, 2.05) is 30.6 Å². The summed E-state index contributed by atoms with van der Waals surface area (Å²) in [5.74, 6) is 0.426. The predicted octanol–water partition coefficient (Wildman–Crippen LogP) is 7.01. The lowest BCUT2D eigenvalue weighted by Crippen LogP contribution is -2.16. The number of aromatic nitrogens is 3. The standard InChI is InChI=1S/C30H29FN4/c1-21(2)10-13-32-19-22-6-5-7-23(16-22)24-12-15-35-29(20-34-30(35)18-24)25-11-14-33-28(17-25)26-8-3-4-9-27(26)31/h3-9,11-12,14-18,20-21,32H,10,13,19H2,1-2H3. The van der Waals surface area contributed by atoms with Gasteiger partial charge < -0.3 is 5.32 Å². The first kappa shape index (κ1) is 22.9. The molecule has 0 amide bonds. The largest absolute Gasteiger partial charge is 0.313 e. The number of imidazole rings is 1. The highest BCUT2D eigenvalue weighted by molar-refractivity contribution is 5.73. The smallest absolute Gasteiger partial charge is 0.137 e. The first-order valence-corrected chi connectivity index (χ1v) is 12.1. The van der Waals surface area contributed by atoms with Gasteiger partial charge in [-0.25, -0.2) is 9.37 Å². The minimum Gasteiger partial charge on any atom is -0.313 e. The molecule has 5 aromatic rings. The van der Waals surface area contributed by atoms with E-state index in [0.29, 0.717) is 17.2 Å². The van der Waals surface area contributed by atoms with Crippen LogP contribution in [0.25, 0.3) is 39.3 Å². The van der Waals surface area contributed by atoms with E-state index in [1.54, 1.807) is 18.3 Å². The lowest BCUT2D eigenvalue weighted by Gasteiger charge is -2.10. The fraction of sp³-hybridized carbons (Fsp3) is 0.200. The van der Waals surface area contributed by atoms with E-state index in [2.05, 4.69) is 69.9 Å². The summed E-state index contributed by atoms with van der Waals surface area (Å²) in [5.41, 5.74) is 7.40. The fourth-order valence-electron chi connectivity index (χ4n) is 4.26. The van der Waals surface area contributed by atoms with Crippen LogP contribution in [0.4, 0.5) is 4.39 Å². The van der Waals surface area contributed by atoms with Crippen molar-refractivity contribution in [2.45, 2.75) is 26.8 Å². The van der Waals surface area contributed by atoms with E-state index in [1.165, 1.54) is 23.6 Å². The maximum Gasteiger partial charge on any atom is 0.137 e. The van der Waals surface area contributed by atoms with E-state index >= 15 is 0 Å². The summed E-state index contributed by atoms with van der Waals surface area (Å²) in [7, 11) is 0. The minimum absolute atomic E-state index is 0.280. The molecule has 35 heavy (non-hydrogen) atoms. The SMILES string of the molecule is CC(C)CCNCc1cccc(-c2ccn3c(-c4ccnc(-c5ccccc5F)c4)cnc3c2)c1. The van der Waals surface area contributed by atoms with Gasteiger partial charge in [-0.2, -0.15) is 0 Å². The van der Waals surface area contributed by atoms with Crippen molar-refractivity contribution in [3.8, 4) is 33.6 Å². The van der Waals surface area contributed by atoms with Gasteiger partial charge in [-0.3, -0.25) is 9.38 Å². The zero-order chi connectivity index (χ0) is 24.2. The average molecular weight is 465 g/mol. The van der Waals surface area contributed by atoms with Crippen molar-refractivity contribution in [2.75, 3.05) is 6.54 Å². The van der Waals surface area contributed by atoms with Gasteiger partial charge in [0.05, 0.1) is 17.6 Å². The van der Waals surface area contributed by atoms with Gasteiger partial charge in [0.25, 0.3) is 0 Å². The summed E-state index contributed by atoms with van der Waals surface area (Å²) < 4.78 is 16.4. The topological polar surface area (TPSA) is 42.2 Å². The first-order valence-electron chi connectivity index (χ1n) is 12.1. The third kappa shape index (κ3) is 5.15. The van der Waals surface area contributed by atoms with Crippen molar-refractivity contribution < 1.29 is 4.39 Å². The number of hydrogen-bond donors (Lipinski definition) is 1. The molecule has 1 N–H and O–H groups in total. The molecule has 0 saturated carbocycles. The highest BCUT2D eigenvalue weighted by Gasteiger charge is 2.11. The lowest BCUT2D eigenvalue weighted by atomic mass is 10.0. The van der Waals surface area contributed by atoms with Crippen LogP contribution in [0.1, 0.15) is 25.8 Å². The second kappa shape index (κ2) is 10.2. The fourth-order valence-corrected chi connectivity index (χ4v) is 4.26. The Morgan fingerprint density at radius 1 is 0.886 bits per heavy atom. The molecule has 0 atom stereocenters. The van der Waals surface area contributed by atoms with Crippen LogP contribution < -0.4 is 5.32 Å². The lowest BCUT2D eigenvalue weighted by molar-refractivity contribution is 0.537. The molecule has 0 fully saturated rings. The molecule has 0 bridgehead atoms. The highest BCUT2D eigenvalue weighted by atomic mass is 19.1. The molecule has 176 valence electrons. The van der Waals surface area contributed by atoms with Crippen LogP contribution in [0.5, 0.6) is 0 Å². The Labute approximate surface area is 205 Å². The molecule has 3 aromatic heterocycles. The van der Waals surface area contributed by atoms with Crippen LogP contribution in [0.2, 0.25) is 0 Å². The Bertz CT molecular complexity index is 1450. The predicted molar refractivity (Wildman–Crippen MR) is 140 cm³/mol. The number of benzene rings is 2. The average Bonchev–Trinajstić information content (AvgIpc) is 3.30. The molecule has 0 aliphatic heterocycles. The molecule has 0 unspecified atom stereocenters. The van der Waals surface area contributed by atoms with Crippen LogP contribution in [0.15, 0.2) is 91.4 Å². The molecule has 5 heteroatoms. The van der Waals surface area contributed by atoms with E-state index in [-0.39, 0.29) is 5.82 Å². The van der Waals surface area contributed by atoms with Gasteiger partial charge in [0, 0.05) is 30.1 Å². The van der Waals surface area contributed by atoms with Gasteiger partial charge in [-0.05, 0) is 78.0 Å². The van der Waals surface area contributed by atoms with Gasteiger partial charge >= 0.3 is 0 Å². The number of halogens is 1. The zero-order valence-electron chi connectivity index (χ0n) is 20.1. The molecule has 0 aliphatic carbocycles. The van der Waals surface area contributed by atoms with Crippen LogP contribution in [-0.4, -0.2) is 20.9 Å². The van der Waals surface area contributed by atoms with Gasteiger partial charge in [0.15, 0.2) is 0 Å². The molecule has 0 spiro atoms. The number of hydrogen-bond acceptors (Lipinski definition) is 3. The summed E-state index contributed by atoms with van der Waals surface area (Å²) in [4.78, 5) is 9.04. The summed E-state index contributed by atoms with van der Waals surface area (Å²) >= 11 is 0. The number of nitrogens with zero attached hydrogens (tertiary/aromatic N) is 3. The maximum atomic E-state index is 14.3. The van der Waals surface area contributed by atoms with Crippen molar-refractivity contribution in [1.29, 1.82) is 0 Å². The van der Waals surface area contributed by atoms with Crippen molar-refractivity contribution in [3.05, 3.63) is 103 Å². The van der Waals surface area contributed by atoms with Crippen molar-refractivity contribution in [2.24, 2.45) is 5.92 Å². The molecule has 2 aromatic carbocycles. The van der Waals surface area contributed by atoms with E-state index in [4.69, 9.17) is 0 Å². The molecule has 5 rings (SSSR count). The Morgan fingerprint density at radius 2 is 1.74 bits per heavy atom. The van der Waals surface area contributed by atoms with Crippen LogP contribution in [-0.2, 0) is 6.54 Å². The second-order valence-corrected chi connectivity index (χ2v) is 9.26. The first-order chi connectivity index (χ1) is 17.1. The van der Waals surface area contributed by atoms with Crippen LogP contribution in [0.3, 0.4) is 0 Å². The minimum atomic E-state index is -0.280. The van der Waals surface area contributed by atoms with Gasteiger partial charge in [-0.1, -0.05) is 44.2 Å². The van der Waals surface area contributed by atoms with Crippen molar-refractivity contribution >= 4 is 5.65 Å². The molecular formula is C30H29FN4. The van der Waals surface area contributed by atoms with E-state index < -0.39 is 0 Å². The van der Waals surface area contributed by atoms with Crippen molar-refractivity contribution in [3.63, 3.8) is 0 Å². The van der Waals surface area contributed by atoms with E-state index in [0.717, 1.165) is 35.6 Å². The maximum absolute atomic E-state index is 14.3. The number of pyridine rings is 2. The Hall–Kier alpha value is -3.83. The highest BCUT2D eigenvalue weighted by Crippen LogP contribution is 2.28. The number of rotatable bonds is 8. The Kier molecular flexibility index (Phi) is 6.68. The van der Waals surface area contributed by atoms with Gasteiger partial charge in [0.2, 0.25) is 0 Å². The summed E-state index contributed by atoms with van der Waals surface area (Å²) in [6, 6.07) is 23.4. The summed E-state index contributed by atoms with van der Waals surface area (Å²) in [6.45, 7) is 6.38. The van der Waals surface area contributed by atoms with Gasteiger partial charge in [0.1, 0.15) is 11.5 Å². The Morgan fingerprint density at radius 3 is 2.60 bits per heavy atom. The molecule has 3 heterocycles. The van der Waals surface area contributed by atoms with E-state index in [9.17, 15) is 4.39 Å². The molecular weight excluding hydrogens is 435 g/mol. The number of nitrogens with one attached hydrogen (secondary N) is 1. The van der Waals surface area contributed by atoms with Gasteiger partial charge in [-0.15, -0.1) is 0 Å². The monoisotopic (exact) mass is 464 g/mol. The third-order valence-corrected chi connectivity index (χ3v) is 6.21. The summed E-state index contributed by atoms with van der Waals surface area (Å²) in [5, 5.41) is 3.54. The third-order valence-electron chi connectivity index (χ3n) is 6.21. The molecule has 0 radical (unpaired) electrons. The zero-order valence-corrected chi connectivity index (χ0v) is 20.1. The second-order valence-electron chi connectivity index (χ2n) is 9.26. The van der Waals surface area contributed by atoms with Crippen molar-refractivity contribution in [1.82, 2.24) is 19.7 Å².